The van der Waals surface area contributed by atoms with Crippen molar-refractivity contribution in [3.05, 3.63) is 65.4 Å². The van der Waals surface area contributed by atoms with E-state index in [4.69, 9.17) is 9.47 Å². The maximum absolute atomic E-state index is 12.3. The Hall–Kier alpha value is -3.08. The summed E-state index contributed by atoms with van der Waals surface area (Å²) in [5.74, 6) is 2.31. The van der Waals surface area contributed by atoms with Gasteiger partial charge in [0.05, 0.1) is 18.9 Å². The van der Waals surface area contributed by atoms with Gasteiger partial charge >= 0.3 is 0 Å². The predicted molar refractivity (Wildman–Crippen MR) is 127 cm³/mol. The molecule has 32 heavy (non-hydrogen) atoms. The van der Waals surface area contributed by atoms with Gasteiger partial charge in [0.15, 0.2) is 5.78 Å². The van der Waals surface area contributed by atoms with Crippen LogP contribution in [0, 0.1) is 5.92 Å². The highest BCUT2D eigenvalue weighted by molar-refractivity contribution is 6.01. The number of benzene rings is 2. The number of hydrogen-bond donors (Lipinski definition) is 0. The van der Waals surface area contributed by atoms with Crippen molar-refractivity contribution in [1.29, 1.82) is 0 Å². The monoisotopic (exact) mass is 435 g/mol. The summed E-state index contributed by atoms with van der Waals surface area (Å²) in [7, 11) is 0. The molecule has 5 nitrogen and oxygen atoms in total. The minimum absolute atomic E-state index is 0.262. The highest BCUT2D eigenvalue weighted by Gasteiger charge is 2.36. The molecule has 0 spiro atoms. The van der Waals surface area contributed by atoms with Gasteiger partial charge in [0.1, 0.15) is 17.8 Å². The van der Waals surface area contributed by atoms with Crippen molar-refractivity contribution in [3.8, 4) is 11.5 Å². The fraction of sp³-hybridized carbons (Fsp3) is 0.407. The van der Waals surface area contributed by atoms with Gasteiger partial charge < -0.3 is 14.4 Å². The lowest BCUT2D eigenvalue weighted by atomic mass is 9.84. The van der Waals surface area contributed by atoms with E-state index in [-0.39, 0.29) is 5.92 Å². The quantitative estimate of drug-likeness (QED) is 0.411. The van der Waals surface area contributed by atoms with Crippen molar-refractivity contribution >= 4 is 18.1 Å². The number of carbonyl (C=O) groups excluding carboxylic acids is 2. The van der Waals surface area contributed by atoms with Crippen LogP contribution in [0.4, 0.5) is 0 Å². The molecule has 170 valence electrons. The van der Waals surface area contributed by atoms with Crippen LogP contribution in [0.15, 0.2) is 54.2 Å². The molecule has 0 amide bonds. The van der Waals surface area contributed by atoms with Crippen LogP contribution in [0.5, 0.6) is 11.5 Å². The highest BCUT2D eigenvalue weighted by Crippen LogP contribution is 2.32. The molecule has 0 radical (unpaired) electrons. The molecule has 3 heterocycles. The van der Waals surface area contributed by atoms with Gasteiger partial charge in [0.2, 0.25) is 0 Å². The highest BCUT2D eigenvalue weighted by atomic mass is 16.5. The summed E-state index contributed by atoms with van der Waals surface area (Å²) in [6.07, 6.45) is 6.91. The van der Waals surface area contributed by atoms with Crippen LogP contribution in [-0.4, -0.2) is 43.3 Å². The summed E-state index contributed by atoms with van der Waals surface area (Å²) in [6, 6.07) is 15.1. The zero-order valence-electron chi connectivity index (χ0n) is 19.1. The molecule has 0 unspecified atom stereocenters. The summed E-state index contributed by atoms with van der Waals surface area (Å²) in [5, 5.41) is 0. The molecule has 3 aliphatic rings. The molecule has 5 heteroatoms. The Balaban J connectivity index is 0.000000207. The molecule has 0 aliphatic carbocycles. The normalized spacial score (nSPS) is 16.5. The summed E-state index contributed by atoms with van der Waals surface area (Å²) in [5.41, 5.74) is 2.65. The van der Waals surface area contributed by atoms with Crippen LogP contribution in [0.25, 0.3) is 6.08 Å². The molecule has 3 saturated heterocycles. The second-order valence-corrected chi connectivity index (χ2v) is 8.11. The number of Topliss-reactive ketones (excluding diaryl/α,β-unsaturated/α-hetero) is 1. The lowest BCUT2D eigenvalue weighted by Gasteiger charge is -2.41. The minimum atomic E-state index is 0.262. The first-order valence-corrected chi connectivity index (χ1v) is 11.6. The van der Waals surface area contributed by atoms with Crippen molar-refractivity contribution in [2.45, 2.75) is 39.5 Å². The second-order valence-electron chi connectivity index (χ2n) is 8.11. The van der Waals surface area contributed by atoms with Crippen molar-refractivity contribution in [1.82, 2.24) is 4.90 Å². The number of ketones is 1. The largest absolute Gasteiger partial charge is 0.494 e. The third-order valence-corrected chi connectivity index (χ3v) is 5.60. The number of piperidine rings is 3. The summed E-state index contributed by atoms with van der Waals surface area (Å²) >= 11 is 0. The van der Waals surface area contributed by atoms with Crippen LogP contribution in [0.3, 0.4) is 0 Å². The fourth-order valence-corrected chi connectivity index (χ4v) is 3.81. The minimum Gasteiger partial charge on any atom is -0.494 e. The van der Waals surface area contributed by atoms with E-state index in [1.165, 1.54) is 0 Å². The van der Waals surface area contributed by atoms with Gasteiger partial charge in [-0.3, -0.25) is 9.59 Å². The van der Waals surface area contributed by atoms with E-state index in [9.17, 15) is 9.59 Å². The topological polar surface area (TPSA) is 55.8 Å². The van der Waals surface area contributed by atoms with Crippen LogP contribution >= 0.6 is 0 Å². The zero-order valence-corrected chi connectivity index (χ0v) is 19.1. The second kappa shape index (κ2) is 12.1. The zero-order chi connectivity index (χ0) is 22.8. The number of aldehydes is 1. The Kier molecular flexibility index (Phi) is 8.90. The van der Waals surface area contributed by atoms with Crippen LogP contribution in [0.2, 0.25) is 0 Å². The van der Waals surface area contributed by atoms with Gasteiger partial charge in [-0.2, -0.15) is 0 Å². The van der Waals surface area contributed by atoms with Crippen LogP contribution < -0.4 is 9.47 Å². The average molecular weight is 436 g/mol. The fourth-order valence-electron chi connectivity index (χ4n) is 3.81. The molecular weight excluding hydrogens is 402 g/mol. The average Bonchev–Trinajstić information content (AvgIpc) is 2.85. The molecular formula is C27H33NO4. The van der Waals surface area contributed by atoms with E-state index >= 15 is 0 Å². The van der Waals surface area contributed by atoms with Gasteiger partial charge in [-0.1, -0.05) is 26.0 Å². The third kappa shape index (κ3) is 6.46. The Morgan fingerprint density at radius 1 is 0.844 bits per heavy atom. The van der Waals surface area contributed by atoms with Gasteiger partial charge in [-0.25, -0.2) is 0 Å². The molecule has 3 fully saturated rings. The third-order valence-electron chi connectivity index (χ3n) is 5.60. The molecule has 2 aromatic rings. The van der Waals surface area contributed by atoms with E-state index in [1.807, 2.05) is 30.3 Å². The first-order chi connectivity index (χ1) is 15.6. The van der Waals surface area contributed by atoms with Crippen molar-refractivity contribution in [2.24, 2.45) is 5.92 Å². The number of allylic oxidation sites excluding steroid dienone is 1. The maximum atomic E-state index is 12.3. The van der Waals surface area contributed by atoms with Crippen molar-refractivity contribution < 1.29 is 19.1 Å². The van der Waals surface area contributed by atoms with E-state index in [0.29, 0.717) is 11.3 Å². The number of carbonyl (C=O) groups is 2. The standard InChI is InChI=1S/C17H21NO2.C10H12O2/c1-2-11-20-15-5-3-13(4-6-15)12-16-17(19)14-7-9-18(16)10-8-14;1-2-7-12-10-5-3-9(8-11)4-6-10/h3-6,12,14H,2,7-11H2,1H3;3-6,8H,2,7H2,1H3. The molecule has 0 aromatic heterocycles. The first kappa shape index (κ1) is 23.6. The number of nitrogens with zero attached hydrogens (tertiary/aromatic N) is 1. The molecule has 0 atom stereocenters. The van der Waals surface area contributed by atoms with Crippen molar-refractivity contribution in [3.63, 3.8) is 0 Å². The SMILES string of the molecule is CCCOc1ccc(C=C2C(=O)C3CCN2CC3)cc1.CCCOc1ccc(C=O)cc1. The van der Waals surface area contributed by atoms with E-state index < -0.39 is 0 Å². The molecule has 5 rings (SSSR count). The smallest absolute Gasteiger partial charge is 0.182 e. The van der Waals surface area contributed by atoms with Gasteiger partial charge in [-0.05, 0) is 73.7 Å². The summed E-state index contributed by atoms with van der Waals surface area (Å²) < 4.78 is 10.9. The number of rotatable bonds is 8. The van der Waals surface area contributed by atoms with Crippen LogP contribution in [0.1, 0.15) is 55.5 Å². The molecule has 0 N–H and O–H groups in total. The lowest BCUT2D eigenvalue weighted by molar-refractivity contribution is -0.125. The first-order valence-electron chi connectivity index (χ1n) is 11.6. The van der Waals surface area contributed by atoms with E-state index in [2.05, 4.69) is 18.7 Å². The van der Waals surface area contributed by atoms with E-state index in [1.54, 1.807) is 24.3 Å². The van der Waals surface area contributed by atoms with Crippen LogP contribution in [-0.2, 0) is 4.79 Å². The number of ether oxygens (including phenoxy) is 2. The molecule has 2 aromatic carbocycles. The van der Waals surface area contributed by atoms with Gasteiger partial charge in [0, 0.05) is 24.6 Å². The summed E-state index contributed by atoms with van der Waals surface area (Å²) in [6.45, 7) is 7.67. The maximum Gasteiger partial charge on any atom is 0.182 e. The van der Waals surface area contributed by atoms with E-state index in [0.717, 1.165) is 81.0 Å². The Morgan fingerprint density at radius 2 is 1.34 bits per heavy atom. The Morgan fingerprint density at radius 3 is 1.78 bits per heavy atom. The number of hydrogen-bond acceptors (Lipinski definition) is 5. The van der Waals surface area contributed by atoms with Gasteiger partial charge in [-0.15, -0.1) is 0 Å². The molecule has 0 saturated carbocycles. The Labute approximate surface area is 191 Å². The Bertz CT molecular complexity index is 894. The summed E-state index contributed by atoms with van der Waals surface area (Å²) in [4.78, 5) is 24.8. The van der Waals surface area contributed by atoms with Gasteiger partial charge in [0.25, 0.3) is 0 Å². The molecule has 3 aliphatic heterocycles. The number of fused-ring (bicyclic) bond motifs is 3. The molecule has 2 bridgehead atoms. The van der Waals surface area contributed by atoms with Crippen molar-refractivity contribution in [2.75, 3.05) is 26.3 Å². The predicted octanol–water partition coefficient (Wildman–Crippen LogP) is 5.40. The lowest BCUT2D eigenvalue weighted by Crippen LogP contribution is -2.45.